The van der Waals surface area contributed by atoms with Crippen molar-refractivity contribution in [1.29, 1.82) is 0 Å². The first-order valence-corrected chi connectivity index (χ1v) is 13.5. The number of aromatic nitrogens is 3. The highest BCUT2D eigenvalue weighted by Crippen LogP contribution is 2.29. The van der Waals surface area contributed by atoms with Gasteiger partial charge in [0.15, 0.2) is 17.5 Å². The third kappa shape index (κ3) is 8.05. The van der Waals surface area contributed by atoms with E-state index in [1.807, 2.05) is 24.3 Å². The van der Waals surface area contributed by atoms with E-state index in [0.29, 0.717) is 30.4 Å². The van der Waals surface area contributed by atoms with Gasteiger partial charge in [-0.1, -0.05) is 50.3 Å². The number of rotatable bonds is 11. The normalized spacial score (nSPS) is 14.8. The van der Waals surface area contributed by atoms with E-state index >= 15 is 0 Å². The lowest BCUT2D eigenvalue weighted by atomic mass is 9.84. The van der Waals surface area contributed by atoms with Gasteiger partial charge in [0.2, 0.25) is 11.8 Å². The lowest BCUT2D eigenvalue weighted by molar-refractivity contribution is -0.123. The third-order valence-electron chi connectivity index (χ3n) is 7.02. The smallest absolute Gasteiger partial charge is 0.245 e. The summed E-state index contributed by atoms with van der Waals surface area (Å²) in [7, 11) is 3.09. The van der Waals surface area contributed by atoms with Crippen LogP contribution in [0.1, 0.15) is 49.7 Å². The fourth-order valence-corrected chi connectivity index (χ4v) is 4.98. The quantitative estimate of drug-likeness (QED) is 0.247. The van der Waals surface area contributed by atoms with Gasteiger partial charge in [-0.05, 0) is 47.7 Å². The Morgan fingerprint density at radius 3 is 2.60 bits per heavy atom. The Hall–Kier alpha value is -4.41. The van der Waals surface area contributed by atoms with Crippen LogP contribution in [0.25, 0.3) is 5.69 Å². The number of nitrogens with one attached hydrogen (secondary N) is 2. The van der Waals surface area contributed by atoms with Crippen LogP contribution < -0.4 is 25.8 Å². The monoisotopic (exact) mass is 547 g/mol. The SMILES string of the molecule is COc1ccc(CC(=O)NC(N)=N[C@H](CC2CCCCC2)C(=O)NCc2cccc(-n3cncn3)c2)cc1OC. The van der Waals surface area contributed by atoms with E-state index in [1.54, 1.807) is 36.3 Å². The van der Waals surface area contributed by atoms with Crippen LogP contribution in [0.2, 0.25) is 0 Å². The van der Waals surface area contributed by atoms with E-state index in [2.05, 4.69) is 25.7 Å². The first-order chi connectivity index (χ1) is 19.4. The molecule has 1 aliphatic carbocycles. The zero-order valence-corrected chi connectivity index (χ0v) is 23.0. The van der Waals surface area contributed by atoms with Crippen molar-refractivity contribution in [3.05, 3.63) is 66.2 Å². The maximum atomic E-state index is 13.3. The van der Waals surface area contributed by atoms with Crippen LogP contribution in [0.4, 0.5) is 0 Å². The Morgan fingerprint density at radius 1 is 1.07 bits per heavy atom. The molecule has 4 rings (SSSR count). The van der Waals surface area contributed by atoms with Gasteiger partial charge >= 0.3 is 0 Å². The highest BCUT2D eigenvalue weighted by atomic mass is 16.5. The highest BCUT2D eigenvalue weighted by Gasteiger charge is 2.25. The molecule has 11 heteroatoms. The molecule has 1 aliphatic rings. The van der Waals surface area contributed by atoms with Crippen molar-refractivity contribution in [2.45, 2.75) is 57.5 Å². The van der Waals surface area contributed by atoms with Gasteiger partial charge in [-0.2, -0.15) is 5.10 Å². The van der Waals surface area contributed by atoms with E-state index < -0.39 is 6.04 Å². The minimum absolute atomic E-state index is 0.0676. The van der Waals surface area contributed by atoms with Crippen LogP contribution in [0, 0.1) is 5.92 Å². The molecule has 0 aliphatic heterocycles. The maximum absolute atomic E-state index is 13.3. The van der Waals surface area contributed by atoms with Gasteiger partial charge in [0.05, 0.1) is 26.3 Å². The van der Waals surface area contributed by atoms with Crippen molar-refractivity contribution in [3.8, 4) is 17.2 Å². The summed E-state index contributed by atoms with van der Waals surface area (Å²) >= 11 is 0. The largest absolute Gasteiger partial charge is 0.493 e. The first kappa shape index (κ1) is 28.6. The maximum Gasteiger partial charge on any atom is 0.245 e. The number of nitrogens with zero attached hydrogens (tertiary/aromatic N) is 4. The predicted molar refractivity (Wildman–Crippen MR) is 151 cm³/mol. The van der Waals surface area contributed by atoms with Crippen LogP contribution in [0.15, 0.2) is 60.1 Å². The summed E-state index contributed by atoms with van der Waals surface area (Å²) in [6.07, 6.45) is 9.37. The van der Waals surface area contributed by atoms with Gasteiger partial charge in [0.25, 0.3) is 0 Å². The fraction of sp³-hybridized carbons (Fsp3) is 0.414. The summed E-state index contributed by atoms with van der Waals surface area (Å²) in [5.74, 6) is 0.859. The summed E-state index contributed by atoms with van der Waals surface area (Å²) in [6.45, 7) is 0.323. The number of carbonyl (C=O) groups is 2. The Labute approximate surface area is 234 Å². The molecule has 1 saturated carbocycles. The zero-order chi connectivity index (χ0) is 28.3. The zero-order valence-electron chi connectivity index (χ0n) is 23.0. The number of aliphatic imine (C=N–C) groups is 1. The highest BCUT2D eigenvalue weighted by molar-refractivity contribution is 5.98. The predicted octanol–water partition coefficient (Wildman–Crippen LogP) is 2.91. The molecule has 0 spiro atoms. The number of nitrogens with two attached hydrogens (primary N) is 1. The van der Waals surface area contributed by atoms with Crippen molar-refractivity contribution in [2.75, 3.05) is 14.2 Å². The number of hydrogen-bond donors (Lipinski definition) is 3. The molecule has 1 atom stereocenters. The number of carbonyl (C=O) groups excluding carboxylic acids is 2. The number of ether oxygens (including phenoxy) is 2. The molecular formula is C29H37N7O4. The molecule has 40 heavy (non-hydrogen) atoms. The molecule has 0 unspecified atom stereocenters. The van der Waals surface area contributed by atoms with Crippen molar-refractivity contribution in [2.24, 2.45) is 16.6 Å². The second-order valence-electron chi connectivity index (χ2n) is 9.91. The summed E-state index contributed by atoms with van der Waals surface area (Å²) in [5.41, 5.74) is 8.63. The van der Waals surface area contributed by atoms with Gasteiger partial charge in [0.1, 0.15) is 18.7 Å². The lowest BCUT2D eigenvalue weighted by Gasteiger charge is -2.24. The first-order valence-electron chi connectivity index (χ1n) is 13.5. The molecule has 2 amide bonds. The van der Waals surface area contributed by atoms with Crippen LogP contribution >= 0.6 is 0 Å². The Balaban J connectivity index is 1.41. The molecule has 0 saturated heterocycles. The van der Waals surface area contributed by atoms with Crippen molar-refractivity contribution in [3.63, 3.8) is 0 Å². The fourth-order valence-electron chi connectivity index (χ4n) is 4.98. The molecule has 0 bridgehead atoms. The molecule has 1 aromatic heterocycles. The molecule has 1 heterocycles. The Morgan fingerprint density at radius 2 is 1.88 bits per heavy atom. The second kappa shape index (κ2) is 14.1. The molecule has 2 aromatic carbocycles. The Kier molecular flexibility index (Phi) is 10.1. The van der Waals surface area contributed by atoms with E-state index in [4.69, 9.17) is 15.2 Å². The summed E-state index contributed by atoms with van der Waals surface area (Å²) in [4.78, 5) is 34.5. The number of benzene rings is 2. The molecule has 4 N–H and O–H groups in total. The second-order valence-corrected chi connectivity index (χ2v) is 9.91. The van der Waals surface area contributed by atoms with Gasteiger partial charge in [0, 0.05) is 6.54 Å². The number of guanidine groups is 1. The van der Waals surface area contributed by atoms with E-state index in [1.165, 1.54) is 19.9 Å². The van der Waals surface area contributed by atoms with E-state index in [-0.39, 0.29) is 24.2 Å². The summed E-state index contributed by atoms with van der Waals surface area (Å²) in [6, 6.07) is 12.3. The summed E-state index contributed by atoms with van der Waals surface area (Å²) < 4.78 is 12.2. The number of hydrogen-bond acceptors (Lipinski definition) is 7. The molecule has 212 valence electrons. The van der Waals surface area contributed by atoms with Crippen molar-refractivity contribution < 1.29 is 19.1 Å². The van der Waals surface area contributed by atoms with Crippen LogP contribution in [-0.4, -0.2) is 52.8 Å². The molecule has 1 fully saturated rings. The van der Waals surface area contributed by atoms with Gasteiger partial charge in [-0.25, -0.2) is 14.7 Å². The van der Waals surface area contributed by atoms with Gasteiger partial charge in [-0.15, -0.1) is 0 Å². The lowest BCUT2D eigenvalue weighted by Crippen LogP contribution is -2.42. The van der Waals surface area contributed by atoms with Crippen LogP contribution in [0.5, 0.6) is 11.5 Å². The van der Waals surface area contributed by atoms with Crippen LogP contribution in [0.3, 0.4) is 0 Å². The number of methoxy groups -OCH3 is 2. The number of amides is 2. The molecule has 11 nitrogen and oxygen atoms in total. The molecule has 0 radical (unpaired) electrons. The van der Waals surface area contributed by atoms with Crippen molar-refractivity contribution >= 4 is 17.8 Å². The van der Waals surface area contributed by atoms with Gasteiger partial charge in [-0.3, -0.25) is 14.9 Å². The summed E-state index contributed by atoms with van der Waals surface area (Å²) in [5, 5.41) is 9.79. The van der Waals surface area contributed by atoms with Gasteiger partial charge < -0.3 is 20.5 Å². The Bertz CT molecular complexity index is 1300. The molecular weight excluding hydrogens is 510 g/mol. The average Bonchev–Trinajstić information content (AvgIpc) is 3.51. The minimum atomic E-state index is -0.706. The van der Waals surface area contributed by atoms with E-state index in [9.17, 15) is 9.59 Å². The average molecular weight is 548 g/mol. The third-order valence-corrected chi connectivity index (χ3v) is 7.02. The topological polar surface area (TPSA) is 146 Å². The standard InChI is InChI=1S/C29H37N7O4/c1-39-25-12-11-21(15-26(25)40-2)16-27(37)35-29(30)34-24(14-20-7-4-3-5-8-20)28(38)32-17-22-9-6-10-23(13-22)36-19-31-18-33-36/h6,9-13,15,18-20,24H,3-5,7-8,14,16-17H2,1-2H3,(H,32,38)(H3,30,34,35,37)/t24-/m1/s1. The van der Waals surface area contributed by atoms with E-state index in [0.717, 1.165) is 42.5 Å². The van der Waals surface area contributed by atoms with Crippen molar-refractivity contribution in [1.82, 2.24) is 25.4 Å². The van der Waals surface area contributed by atoms with Crippen LogP contribution in [-0.2, 0) is 22.6 Å². The molecule has 3 aromatic rings. The minimum Gasteiger partial charge on any atom is -0.493 e.